The van der Waals surface area contributed by atoms with Crippen molar-refractivity contribution in [1.29, 1.82) is 0 Å². The van der Waals surface area contributed by atoms with Crippen molar-refractivity contribution < 1.29 is 4.79 Å². The number of thiazole rings is 1. The topological polar surface area (TPSA) is 33.2 Å². The normalized spacial score (nSPS) is 25.4. The van der Waals surface area contributed by atoms with Crippen LogP contribution in [0.4, 0.5) is 5.13 Å². The Labute approximate surface area is 120 Å². The van der Waals surface area contributed by atoms with E-state index in [4.69, 9.17) is 4.98 Å². The second-order valence-corrected chi connectivity index (χ2v) is 6.74. The van der Waals surface area contributed by atoms with Crippen molar-refractivity contribution >= 4 is 22.8 Å². The Morgan fingerprint density at radius 1 is 1.53 bits per heavy atom. The number of hydrogen-bond acceptors (Lipinski definition) is 4. The Morgan fingerprint density at radius 2 is 2.26 bits per heavy atom. The summed E-state index contributed by atoms with van der Waals surface area (Å²) in [5, 5.41) is 1.04. The van der Waals surface area contributed by atoms with Gasteiger partial charge in [0.25, 0.3) is 0 Å². The van der Waals surface area contributed by atoms with E-state index in [-0.39, 0.29) is 0 Å². The minimum Gasteiger partial charge on any atom is -0.345 e. The molecule has 0 radical (unpaired) electrons. The standard InChI is InChI=1S/C15H24N2OS/c1-5-10(2)14-13(9-18)19-15(16-14)17-8-6-7-11(3)12(17)4/h9-12H,5-8H2,1-4H3. The molecule has 0 aromatic carbocycles. The molecule has 0 bridgehead atoms. The fourth-order valence-corrected chi connectivity index (χ4v) is 3.81. The van der Waals surface area contributed by atoms with Crippen molar-refractivity contribution in [1.82, 2.24) is 4.98 Å². The number of carbonyl (C=O) groups is 1. The molecule has 3 nitrogen and oxygen atoms in total. The van der Waals surface area contributed by atoms with Crippen LogP contribution in [0.2, 0.25) is 0 Å². The minimum atomic E-state index is 0.364. The predicted octanol–water partition coefficient (Wildman–Crippen LogP) is 4.09. The molecule has 1 aromatic heterocycles. The van der Waals surface area contributed by atoms with Crippen LogP contribution in [0.1, 0.15) is 68.2 Å². The smallest absolute Gasteiger partial charge is 0.186 e. The third-order valence-electron chi connectivity index (χ3n) is 4.48. The highest BCUT2D eigenvalue weighted by molar-refractivity contribution is 7.17. The first-order valence-corrected chi connectivity index (χ1v) is 8.12. The minimum absolute atomic E-state index is 0.364. The zero-order valence-electron chi connectivity index (χ0n) is 12.3. The van der Waals surface area contributed by atoms with Gasteiger partial charge in [-0.2, -0.15) is 0 Å². The molecular formula is C15H24N2OS. The summed E-state index contributed by atoms with van der Waals surface area (Å²) in [5.41, 5.74) is 0.989. The molecule has 2 rings (SSSR count). The summed E-state index contributed by atoms with van der Waals surface area (Å²) in [5.74, 6) is 1.06. The third-order valence-corrected chi connectivity index (χ3v) is 5.51. The van der Waals surface area contributed by atoms with E-state index in [0.717, 1.165) is 35.0 Å². The fraction of sp³-hybridized carbons (Fsp3) is 0.733. The Balaban J connectivity index is 2.29. The molecule has 1 aliphatic heterocycles. The maximum Gasteiger partial charge on any atom is 0.186 e. The SMILES string of the molecule is CCC(C)c1nc(N2CCCC(C)C2C)sc1C=O. The Hall–Kier alpha value is -0.900. The maximum absolute atomic E-state index is 11.2. The lowest BCUT2D eigenvalue weighted by atomic mass is 9.92. The van der Waals surface area contributed by atoms with Gasteiger partial charge in [0.05, 0.1) is 10.6 Å². The summed E-state index contributed by atoms with van der Waals surface area (Å²) >= 11 is 1.56. The van der Waals surface area contributed by atoms with Gasteiger partial charge in [0, 0.05) is 12.6 Å². The second-order valence-electron chi connectivity index (χ2n) is 5.73. The van der Waals surface area contributed by atoms with Gasteiger partial charge in [-0.3, -0.25) is 4.79 Å². The van der Waals surface area contributed by atoms with Crippen LogP contribution in [-0.4, -0.2) is 23.9 Å². The Morgan fingerprint density at radius 3 is 2.89 bits per heavy atom. The van der Waals surface area contributed by atoms with Crippen molar-refractivity contribution in [2.45, 2.75) is 58.9 Å². The van der Waals surface area contributed by atoms with Gasteiger partial charge in [-0.1, -0.05) is 32.1 Å². The van der Waals surface area contributed by atoms with Crippen molar-refractivity contribution in [3.63, 3.8) is 0 Å². The number of rotatable bonds is 4. The molecule has 106 valence electrons. The molecule has 3 atom stereocenters. The highest BCUT2D eigenvalue weighted by atomic mass is 32.1. The van der Waals surface area contributed by atoms with E-state index in [1.54, 1.807) is 11.3 Å². The van der Waals surface area contributed by atoms with Crippen LogP contribution in [0.3, 0.4) is 0 Å². The Bertz CT molecular complexity index is 443. The van der Waals surface area contributed by atoms with Crippen LogP contribution in [0.5, 0.6) is 0 Å². The molecule has 1 aliphatic rings. The van der Waals surface area contributed by atoms with Crippen molar-refractivity contribution in [3.8, 4) is 0 Å². The molecule has 19 heavy (non-hydrogen) atoms. The van der Waals surface area contributed by atoms with Crippen LogP contribution >= 0.6 is 11.3 Å². The van der Waals surface area contributed by atoms with Gasteiger partial charge < -0.3 is 4.90 Å². The number of anilines is 1. The molecule has 1 fully saturated rings. The van der Waals surface area contributed by atoms with Crippen molar-refractivity contribution in [2.75, 3.05) is 11.4 Å². The van der Waals surface area contributed by atoms with Gasteiger partial charge in [-0.15, -0.1) is 0 Å². The van der Waals surface area contributed by atoms with Crippen LogP contribution in [0.25, 0.3) is 0 Å². The zero-order valence-corrected chi connectivity index (χ0v) is 13.2. The van der Waals surface area contributed by atoms with E-state index in [0.29, 0.717) is 17.9 Å². The lowest BCUT2D eigenvalue weighted by Crippen LogP contribution is -2.42. The molecule has 0 amide bonds. The number of aldehydes is 1. The summed E-state index contributed by atoms with van der Waals surface area (Å²) < 4.78 is 0. The molecule has 3 unspecified atom stereocenters. The lowest BCUT2D eigenvalue weighted by Gasteiger charge is -2.37. The first kappa shape index (κ1) is 14.5. The van der Waals surface area contributed by atoms with Crippen LogP contribution in [0, 0.1) is 5.92 Å². The van der Waals surface area contributed by atoms with E-state index in [1.165, 1.54) is 12.8 Å². The summed E-state index contributed by atoms with van der Waals surface area (Å²) in [4.78, 5) is 19.2. The number of piperidine rings is 1. The average Bonchev–Trinajstić information content (AvgIpc) is 2.85. The molecule has 2 heterocycles. The van der Waals surface area contributed by atoms with Gasteiger partial charge in [0.1, 0.15) is 0 Å². The summed E-state index contributed by atoms with van der Waals surface area (Å²) in [6, 6.07) is 0.518. The van der Waals surface area contributed by atoms with Crippen LogP contribution < -0.4 is 4.90 Å². The van der Waals surface area contributed by atoms with E-state index in [1.807, 2.05) is 0 Å². The quantitative estimate of drug-likeness (QED) is 0.779. The van der Waals surface area contributed by atoms with Crippen LogP contribution in [0.15, 0.2) is 0 Å². The predicted molar refractivity (Wildman–Crippen MR) is 81.4 cm³/mol. The third kappa shape index (κ3) is 2.83. The van der Waals surface area contributed by atoms with Crippen molar-refractivity contribution in [3.05, 3.63) is 10.6 Å². The average molecular weight is 280 g/mol. The summed E-state index contributed by atoms with van der Waals surface area (Å²) in [7, 11) is 0. The highest BCUT2D eigenvalue weighted by Crippen LogP contribution is 2.35. The molecule has 0 aliphatic carbocycles. The van der Waals surface area contributed by atoms with Gasteiger partial charge in [0.2, 0.25) is 0 Å². The number of nitrogens with zero attached hydrogens (tertiary/aromatic N) is 2. The van der Waals surface area contributed by atoms with Gasteiger partial charge in [0.15, 0.2) is 11.4 Å². The van der Waals surface area contributed by atoms with Gasteiger partial charge in [-0.25, -0.2) is 4.98 Å². The van der Waals surface area contributed by atoms with Gasteiger partial charge >= 0.3 is 0 Å². The van der Waals surface area contributed by atoms with E-state index < -0.39 is 0 Å². The molecule has 1 saturated heterocycles. The molecule has 1 aromatic rings. The largest absolute Gasteiger partial charge is 0.345 e. The number of hydrogen-bond donors (Lipinski definition) is 0. The summed E-state index contributed by atoms with van der Waals surface area (Å²) in [6.07, 6.45) is 4.51. The maximum atomic E-state index is 11.2. The van der Waals surface area contributed by atoms with E-state index in [9.17, 15) is 4.79 Å². The lowest BCUT2D eigenvalue weighted by molar-refractivity contribution is 0.112. The van der Waals surface area contributed by atoms with E-state index >= 15 is 0 Å². The molecule has 0 N–H and O–H groups in total. The second kappa shape index (κ2) is 6.04. The first-order valence-electron chi connectivity index (χ1n) is 7.31. The Kier molecular flexibility index (Phi) is 4.61. The first-order chi connectivity index (χ1) is 9.08. The van der Waals surface area contributed by atoms with Gasteiger partial charge in [-0.05, 0) is 38.0 Å². The van der Waals surface area contributed by atoms with E-state index in [2.05, 4.69) is 32.6 Å². The molecule has 0 saturated carbocycles. The molecular weight excluding hydrogens is 256 g/mol. The van der Waals surface area contributed by atoms with Crippen molar-refractivity contribution in [2.24, 2.45) is 5.92 Å². The molecule has 0 spiro atoms. The zero-order chi connectivity index (χ0) is 14.0. The van der Waals surface area contributed by atoms with Crippen LogP contribution in [-0.2, 0) is 0 Å². The highest BCUT2D eigenvalue weighted by Gasteiger charge is 2.28. The summed E-state index contributed by atoms with van der Waals surface area (Å²) in [6.45, 7) is 9.94. The number of carbonyl (C=O) groups excluding carboxylic acids is 1. The molecule has 4 heteroatoms. The number of aromatic nitrogens is 1. The monoisotopic (exact) mass is 280 g/mol. The fourth-order valence-electron chi connectivity index (χ4n) is 2.69.